The van der Waals surface area contributed by atoms with Crippen molar-refractivity contribution in [3.05, 3.63) is 40.4 Å². The van der Waals surface area contributed by atoms with Gasteiger partial charge in [-0.15, -0.1) is 0 Å². The number of carbonyl (C=O) groups is 1. The second-order valence-corrected chi connectivity index (χ2v) is 4.28. The standard InChI is InChI=1S/C12H11ClF3NO2/c1-7(4-11(18)19)6-17-10-3-2-8(5-9(10)13)12(14,15)16/h2-5,17H,6H2,1H3,(H,18,19)/b7-4-. The van der Waals surface area contributed by atoms with E-state index < -0.39 is 17.7 Å². The second-order valence-electron chi connectivity index (χ2n) is 3.87. The van der Waals surface area contributed by atoms with Crippen molar-refractivity contribution in [2.45, 2.75) is 13.1 Å². The van der Waals surface area contributed by atoms with E-state index in [0.717, 1.165) is 18.2 Å². The number of anilines is 1. The Morgan fingerprint density at radius 3 is 2.58 bits per heavy atom. The molecule has 19 heavy (non-hydrogen) atoms. The molecule has 0 saturated heterocycles. The Labute approximate surface area is 112 Å². The third kappa shape index (κ3) is 4.82. The summed E-state index contributed by atoms with van der Waals surface area (Å²) in [5, 5.41) is 11.2. The van der Waals surface area contributed by atoms with Gasteiger partial charge in [0.2, 0.25) is 0 Å². The zero-order valence-corrected chi connectivity index (χ0v) is 10.6. The van der Waals surface area contributed by atoms with E-state index in [0.29, 0.717) is 11.3 Å². The first-order valence-corrected chi connectivity index (χ1v) is 5.58. The minimum absolute atomic E-state index is 0.0713. The highest BCUT2D eigenvalue weighted by Gasteiger charge is 2.30. The van der Waals surface area contributed by atoms with Crippen LogP contribution in [0.5, 0.6) is 0 Å². The molecule has 0 aliphatic heterocycles. The molecule has 0 aliphatic rings. The van der Waals surface area contributed by atoms with Gasteiger partial charge in [0, 0.05) is 12.6 Å². The van der Waals surface area contributed by atoms with Crippen LogP contribution in [0.1, 0.15) is 12.5 Å². The van der Waals surface area contributed by atoms with Gasteiger partial charge >= 0.3 is 12.1 Å². The third-order valence-corrected chi connectivity index (χ3v) is 2.54. The maximum Gasteiger partial charge on any atom is 0.416 e. The predicted molar refractivity (Wildman–Crippen MR) is 66.3 cm³/mol. The fourth-order valence-corrected chi connectivity index (χ4v) is 1.58. The highest BCUT2D eigenvalue weighted by atomic mass is 35.5. The van der Waals surface area contributed by atoms with Gasteiger partial charge < -0.3 is 10.4 Å². The van der Waals surface area contributed by atoms with Crippen molar-refractivity contribution < 1.29 is 23.1 Å². The number of hydrogen-bond donors (Lipinski definition) is 2. The van der Waals surface area contributed by atoms with Crippen molar-refractivity contribution in [1.29, 1.82) is 0 Å². The van der Waals surface area contributed by atoms with Crippen LogP contribution >= 0.6 is 11.6 Å². The Hall–Kier alpha value is -1.69. The predicted octanol–water partition coefficient (Wildman–Crippen LogP) is 3.80. The number of nitrogens with one attached hydrogen (secondary N) is 1. The summed E-state index contributed by atoms with van der Waals surface area (Å²) in [6, 6.07) is 2.93. The molecule has 1 rings (SSSR count). The van der Waals surface area contributed by atoms with Crippen molar-refractivity contribution >= 4 is 23.3 Å². The van der Waals surface area contributed by atoms with E-state index in [4.69, 9.17) is 16.7 Å². The van der Waals surface area contributed by atoms with E-state index in [2.05, 4.69) is 5.32 Å². The molecule has 0 radical (unpaired) electrons. The quantitative estimate of drug-likeness (QED) is 0.830. The highest BCUT2D eigenvalue weighted by molar-refractivity contribution is 6.33. The number of carboxylic acid groups (broad SMARTS) is 1. The lowest BCUT2D eigenvalue weighted by Crippen LogP contribution is -2.07. The number of aliphatic carboxylic acids is 1. The molecule has 0 fully saturated rings. The van der Waals surface area contributed by atoms with Gasteiger partial charge in [0.05, 0.1) is 16.3 Å². The summed E-state index contributed by atoms with van der Waals surface area (Å²) < 4.78 is 37.2. The van der Waals surface area contributed by atoms with Crippen molar-refractivity contribution in [3.63, 3.8) is 0 Å². The first-order chi connectivity index (χ1) is 8.70. The molecule has 3 nitrogen and oxygen atoms in total. The molecule has 0 atom stereocenters. The maximum absolute atomic E-state index is 12.4. The van der Waals surface area contributed by atoms with Crippen LogP contribution in [0, 0.1) is 0 Å². The molecular formula is C12H11ClF3NO2. The monoisotopic (exact) mass is 293 g/mol. The Balaban J connectivity index is 2.79. The molecule has 0 saturated carbocycles. The summed E-state index contributed by atoms with van der Waals surface area (Å²) in [6.07, 6.45) is -3.44. The Morgan fingerprint density at radius 2 is 2.11 bits per heavy atom. The van der Waals surface area contributed by atoms with Gasteiger partial charge in [0.1, 0.15) is 0 Å². The molecule has 2 N–H and O–H groups in total. The molecule has 7 heteroatoms. The summed E-state index contributed by atoms with van der Waals surface area (Å²) in [5.41, 5.74) is -0.00267. The first-order valence-electron chi connectivity index (χ1n) is 5.21. The lowest BCUT2D eigenvalue weighted by Gasteiger charge is -2.11. The molecule has 104 valence electrons. The van der Waals surface area contributed by atoms with E-state index in [1.165, 1.54) is 6.07 Å². The zero-order chi connectivity index (χ0) is 14.6. The molecule has 0 amide bonds. The fourth-order valence-electron chi connectivity index (χ4n) is 1.33. The summed E-state index contributed by atoms with van der Waals surface area (Å²) in [6.45, 7) is 1.76. The van der Waals surface area contributed by atoms with E-state index in [-0.39, 0.29) is 11.6 Å². The molecule has 0 aromatic heterocycles. The van der Waals surface area contributed by atoms with Crippen molar-refractivity contribution in [2.75, 3.05) is 11.9 Å². The summed E-state index contributed by atoms with van der Waals surface area (Å²) in [4.78, 5) is 10.4. The molecule has 0 heterocycles. The topological polar surface area (TPSA) is 49.3 Å². The van der Waals surface area contributed by atoms with Crippen LogP contribution in [0.25, 0.3) is 0 Å². The van der Waals surface area contributed by atoms with Gasteiger partial charge in [0.15, 0.2) is 0 Å². The number of halogens is 4. The largest absolute Gasteiger partial charge is 0.478 e. The van der Waals surface area contributed by atoms with Gasteiger partial charge in [0.25, 0.3) is 0 Å². The average molecular weight is 294 g/mol. The van der Waals surface area contributed by atoms with Crippen LogP contribution in [0.3, 0.4) is 0 Å². The molecule has 1 aromatic carbocycles. The molecule has 0 spiro atoms. The summed E-state index contributed by atoms with van der Waals surface area (Å²) in [7, 11) is 0. The normalized spacial score (nSPS) is 12.4. The highest BCUT2D eigenvalue weighted by Crippen LogP contribution is 2.33. The van der Waals surface area contributed by atoms with Crippen LogP contribution in [0.2, 0.25) is 5.02 Å². The molecule has 0 unspecified atom stereocenters. The molecule has 0 aliphatic carbocycles. The van der Waals surface area contributed by atoms with Gasteiger partial charge in [-0.05, 0) is 30.7 Å². The number of rotatable bonds is 4. The summed E-state index contributed by atoms with van der Waals surface area (Å²) in [5.74, 6) is -1.09. The number of alkyl halides is 3. The number of hydrogen-bond acceptors (Lipinski definition) is 2. The minimum atomic E-state index is -4.44. The maximum atomic E-state index is 12.4. The van der Waals surface area contributed by atoms with Crippen LogP contribution < -0.4 is 5.32 Å². The van der Waals surface area contributed by atoms with E-state index in [1.54, 1.807) is 6.92 Å². The first kappa shape index (κ1) is 15.4. The second kappa shape index (κ2) is 5.97. The van der Waals surface area contributed by atoms with E-state index >= 15 is 0 Å². The fraction of sp³-hybridized carbons (Fsp3) is 0.250. The molecule has 0 bridgehead atoms. The van der Waals surface area contributed by atoms with Crippen LogP contribution in [-0.4, -0.2) is 17.6 Å². The van der Waals surface area contributed by atoms with E-state index in [9.17, 15) is 18.0 Å². The number of benzene rings is 1. The Morgan fingerprint density at radius 1 is 1.47 bits per heavy atom. The van der Waals surface area contributed by atoms with Crippen molar-refractivity contribution in [3.8, 4) is 0 Å². The zero-order valence-electron chi connectivity index (χ0n) is 9.88. The number of carboxylic acids is 1. The average Bonchev–Trinajstić information content (AvgIpc) is 2.25. The smallest absolute Gasteiger partial charge is 0.416 e. The molecule has 1 aromatic rings. The summed E-state index contributed by atoms with van der Waals surface area (Å²) >= 11 is 5.73. The van der Waals surface area contributed by atoms with Gasteiger partial charge in [-0.2, -0.15) is 13.2 Å². The minimum Gasteiger partial charge on any atom is -0.478 e. The van der Waals surface area contributed by atoms with Crippen LogP contribution in [-0.2, 0) is 11.0 Å². The van der Waals surface area contributed by atoms with E-state index in [1.807, 2.05) is 0 Å². The lowest BCUT2D eigenvalue weighted by molar-refractivity contribution is -0.137. The van der Waals surface area contributed by atoms with Gasteiger partial charge in [-0.25, -0.2) is 4.79 Å². The van der Waals surface area contributed by atoms with Crippen LogP contribution in [0.4, 0.5) is 18.9 Å². The SMILES string of the molecule is C/C(=C/C(=O)O)CNc1ccc(C(F)(F)F)cc1Cl. The van der Waals surface area contributed by atoms with Crippen molar-refractivity contribution in [1.82, 2.24) is 0 Å². The Kier molecular flexibility index (Phi) is 4.83. The third-order valence-electron chi connectivity index (χ3n) is 2.22. The van der Waals surface area contributed by atoms with Gasteiger partial charge in [-0.1, -0.05) is 11.6 Å². The van der Waals surface area contributed by atoms with Crippen molar-refractivity contribution in [2.24, 2.45) is 0 Å². The lowest BCUT2D eigenvalue weighted by atomic mass is 10.2. The van der Waals surface area contributed by atoms with Gasteiger partial charge in [-0.3, -0.25) is 0 Å². The molecular weight excluding hydrogens is 283 g/mol. The Bertz CT molecular complexity index is 512. The van der Waals surface area contributed by atoms with Crippen LogP contribution in [0.15, 0.2) is 29.8 Å².